The van der Waals surface area contributed by atoms with Crippen molar-refractivity contribution in [2.45, 2.75) is 32.7 Å². The third-order valence-electron chi connectivity index (χ3n) is 5.03. The first-order valence-electron chi connectivity index (χ1n) is 9.74. The van der Waals surface area contributed by atoms with Gasteiger partial charge in [0.15, 0.2) is 5.69 Å². The van der Waals surface area contributed by atoms with E-state index >= 15 is 0 Å². The summed E-state index contributed by atoms with van der Waals surface area (Å²) in [5, 5.41) is 14.5. The topological polar surface area (TPSA) is 94.0 Å². The van der Waals surface area contributed by atoms with Crippen LogP contribution in [0, 0.1) is 13.8 Å². The summed E-state index contributed by atoms with van der Waals surface area (Å²) in [5.41, 5.74) is 2.85. The van der Waals surface area contributed by atoms with Crippen molar-refractivity contribution in [3.63, 3.8) is 0 Å². The second-order valence-corrected chi connectivity index (χ2v) is 7.20. The van der Waals surface area contributed by atoms with E-state index in [4.69, 9.17) is 4.74 Å². The molecule has 29 heavy (non-hydrogen) atoms. The molecule has 150 valence electrons. The Bertz CT molecular complexity index is 975. The average molecular weight is 392 g/mol. The molecule has 1 saturated heterocycles. The number of aryl methyl sites for hydroxylation is 1. The van der Waals surface area contributed by atoms with E-state index in [9.17, 15) is 4.79 Å². The number of nitrogens with zero attached hydrogens (tertiary/aromatic N) is 4. The zero-order chi connectivity index (χ0) is 20.2. The van der Waals surface area contributed by atoms with Crippen LogP contribution < -0.4 is 15.4 Å². The number of nitrogens with one attached hydrogen (secondary N) is 2. The number of carbonyl (C=O) groups is 1. The second-order valence-electron chi connectivity index (χ2n) is 7.20. The first kappa shape index (κ1) is 19.1. The number of piperidine rings is 1. The van der Waals surface area contributed by atoms with Crippen molar-refractivity contribution in [3.8, 4) is 11.6 Å². The van der Waals surface area contributed by atoms with Crippen molar-refractivity contribution < 1.29 is 9.53 Å². The van der Waals surface area contributed by atoms with E-state index in [1.54, 1.807) is 18.3 Å². The fourth-order valence-corrected chi connectivity index (χ4v) is 3.38. The van der Waals surface area contributed by atoms with Gasteiger partial charge in [0.1, 0.15) is 5.75 Å². The highest BCUT2D eigenvalue weighted by Crippen LogP contribution is 2.22. The number of anilines is 1. The molecule has 1 amide bonds. The maximum Gasteiger partial charge on any atom is 0.278 e. The van der Waals surface area contributed by atoms with Gasteiger partial charge in [0, 0.05) is 6.07 Å². The van der Waals surface area contributed by atoms with Crippen molar-refractivity contribution in [1.29, 1.82) is 0 Å². The van der Waals surface area contributed by atoms with Gasteiger partial charge in [-0.05, 0) is 58.0 Å². The lowest BCUT2D eigenvalue weighted by Crippen LogP contribution is -2.30. The summed E-state index contributed by atoms with van der Waals surface area (Å²) >= 11 is 0. The second kappa shape index (κ2) is 8.40. The lowest BCUT2D eigenvalue weighted by molar-refractivity contribution is 0.102. The molecule has 0 atom stereocenters. The van der Waals surface area contributed by atoms with Gasteiger partial charge in [-0.1, -0.05) is 22.9 Å². The SMILES string of the molecule is Cc1ccc(Oc2ccc(NC(=O)c3nnn(C4CCNCC4)c3C)cn2)cc1. The Balaban J connectivity index is 1.40. The van der Waals surface area contributed by atoms with Crippen LogP contribution in [0.15, 0.2) is 42.6 Å². The van der Waals surface area contributed by atoms with Crippen molar-refractivity contribution in [3.05, 3.63) is 59.5 Å². The summed E-state index contributed by atoms with van der Waals surface area (Å²) in [4.78, 5) is 16.9. The van der Waals surface area contributed by atoms with Gasteiger partial charge in [-0.3, -0.25) is 4.79 Å². The average Bonchev–Trinajstić information content (AvgIpc) is 3.13. The lowest BCUT2D eigenvalue weighted by Gasteiger charge is -2.23. The number of hydrogen-bond acceptors (Lipinski definition) is 6. The highest BCUT2D eigenvalue weighted by molar-refractivity contribution is 6.03. The molecule has 2 aromatic heterocycles. The number of aromatic nitrogens is 4. The summed E-state index contributed by atoms with van der Waals surface area (Å²) in [6.45, 7) is 5.81. The molecule has 8 heteroatoms. The van der Waals surface area contributed by atoms with Crippen LogP contribution in [0.2, 0.25) is 0 Å². The monoisotopic (exact) mass is 392 g/mol. The number of benzene rings is 1. The van der Waals surface area contributed by atoms with Gasteiger partial charge in [-0.2, -0.15) is 0 Å². The van der Waals surface area contributed by atoms with Crippen molar-refractivity contribution in [2.75, 3.05) is 18.4 Å². The number of hydrogen-bond donors (Lipinski definition) is 2. The quantitative estimate of drug-likeness (QED) is 0.692. The van der Waals surface area contributed by atoms with Crippen LogP contribution in [-0.2, 0) is 0 Å². The number of carbonyl (C=O) groups excluding carboxylic acids is 1. The summed E-state index contributed by atoms with van der Waals surface area (Å²) in [6, 6.07) is 11.5. The van der Waals surface area contributed by atoms with E-state index in [2.05, 4.69) is 25.9 Å². The lowest BCUT2D eigenvalue weighted by atomic mass is 10.1. The van der Waals surface area contributed by atoms with Crippen LogP contribution in [0.5, 0.6) is 11.6 Å². The van der Waals surface area contributed by atoms with Crippen LogP contribution in [-0.4, -0.2) is 39.0 Å². The number of amides is 1. The molecular weight excluding hydrogens is 368 g/mol. The van der Waals surface area contributed by atoms with E-state index in [-0.39, 0.29) is 11.9 Å². The minimum atomic E-state index is -0.295. The predicted octanol–water partition coefficient (Wildman–Crippen LogP) is 3.26. The Hall–Kier alpha value is -3.26. The zero-order valence-electron chi connectivity index (χ0n) is 16.6. The van der Waals surface area contributed by atoms with E-state index < -0.39 is 0 Å². The first-order valence-corrected chi connectivity index (χ1v) is 9.74. The Morgan fingerprint density at radius 2 is 1.90 bits per heavy atom. The van der Waals surface area contributed by atoms with Crippen molar-refractivity contribution >= 4 is 11.6 Å². The summed E-state index contributed by atoms with van der Waals surface area (Å²) in [5.74, 6) is 0.876. The molecule has 1 aliphatic heterocycles. The van der Waals surface area contributed by atoms with Gasteiger partial charge >= 0.3 is 0 Å². The van der Waals surface area contributed by atoms with Crippen LogP contribution >= 0.6 is 0 Å². The largest absolute Gasteiger partial charge is 0.439 e. The number of rotatable bonds is 5. The molecule has 2 N–H and O–H groups in total. The van der Waals surface area contributed by atoms with E-state index in [0.29, 0.717) is 23.0 Å². The normalized spacial score (nSPS) is 14.6. The molecule has 3 heterocycles. The van der Waals surface area contributed by atoms with Crippen LogP contribution in [0.3, 0.4) is 0 Å². The van der Waals surface area contributed by atoms with Crippen LogP contribution in [0.1, 0.15) is 40.6 Å². The van der Waals surface area contributed by atoms with Crippen LogP contribution in [0.25, 0.3) is 0 Å². The van der Waals surface area contributed by atoms with E-state index in [0.717, 1.165) is 37.2 Å². The highest BCUT2D eigenvalue weighted by Gasteiger charge is 2.23. The van der Waals surface area contributed by atoms with Crippen molar-refractivity contribution in [1.82, 2.24) is 25.3 Å². The van der Waals surface area contributed by atoms with E-state index in [1.165, 1.54) is 0 Å². The van der Waals surface area contributed by atoms with Gasteiger partial charge in [0.05, 0.1) is 23.6 Å². The Kier molecular flexibility index (Phi) is 5.53. The van der Waals surface area contributed by atoms with Gasteiger partial charge in [0.25, 0.3) is 5.91 Å². The molecule has 0 saturated carbocycles. The molecule has 4 rings (SSSR count). The first-order chi connectivity index (χ1) is 14.1. The molecule has 8 nitrogen and oxygen atoms in total. The molecule has 1 aliphatic rings. The van der Waals surface area contributed by atoms with Gasteiger partial charge in [0.2, 0.25) is 5.88 Å². The van der Waals surface area contributed by atoms with Gasteiger partial charge in [-0.25, -0.2) is 9.67 Å². The Morgan fingerprint density at radius 3 is 2.59 bits per heavy atom. The molecule has 0 unspecified atom stereocenters. The van der Waals surface area contributed by atoms with E-state index in [1.807, 2.05) is 42.8 Å². The van der Waals surface area contributed by atoms with Crippen LogP contribution in [0.4, 0.5) is 5.69 Å². The summed E-state index contributed by atoms with van der Waals surface area (Å²) in [6.07, 6.45) is 3.53. The maximum absolute atomic E-state index is 12.6. The standard InChI is InChI=1S/C21H24N6O2/c1-14-3-6-18(7-4-14)29-19-8-5-16(13-23-19)24-21(28)20-15(2)27(26-25-20)17-9-11-22-12-10-17/h3-8,13,17,22H,9-12H2,1-2H3,(H,24,28). The molecule has 0 radical (unpaired) electrons. The zero-order valence-corrected chi connectivity index (χ0v) is 16.6. The molecule has 0 spiro atoms. The summed E-state index contributed by atoms with van der Waals surface area (Å²) in [7, 11) is 0. The highest BCUT2D eigenvalue weighted by atomic mass is 16.5. The Labute approximate surface area is 169 Å². The molecule has 1 fully saturated rings. The molecule has 0 aliphatic carbocycles. The maximum atomic E-state index is 12.6. The molecule has 0 bridgehead atoms. The fraction of sp³-hybridized carbons (Fsp3) is 0.333. The smallest absolute Gasteiger partial charge is 0.278 e. The van der Waals surface area contributed by atoms with Gasteiger partial charge < -0.3 is 15.4 Å². The molecular formula is C21H24N6O2. The predicted molar refractivity (Wildman–Crippen MR) is 109 cm³/mol. The van der Waals surface area contributed by atoms with Crippen molar-refractivity contribution in [2.24, 2.45) is 0 Å². The number of ether oxygens (including phenoxy) is 1. The third kappa shape index (κ3) is 4.43. The van der Waals surface area contributed by atoms with Gasteiger partial charge in [-0.15, -0.1) is 5.10 Å². The Morgan fingerprint density at radius 1 is 1.14 bits per heavy atom. The summed E-state index contributed by atoms with van der Waals surface area (Å²) < 4.78 is 7.58. The number of pyridine rings is 1. The third-order valence-corrected chi connectivity index (χ3v) is 5.03. The minimum absolute atomic E-state index is 0.283. The molecule has 1 aromatic carbocycles. The molecule has 3 aromatic rings. The fourth-order valence-electron chi connectivity index (χ4n) is 3.38. The minimum Gasteiger partial charge on any atom is -0.439 e.